The Bertz CT molecular complexity index is 322. The van der Waals surface area contributed by atoms with E-state index >= 15 is 0 Å². The van der Waals surface area contributed by atoms with Crippen LogP contribution < -0.4 is 4.74 Å². The van der Waals surface area contributed by atoms with E-state index in [1.165, 1.54) is 10.5 Å². The molecule has 2 nitrogen and oxygen atoms in total. The maximum atomic E-state index is 5.12. The second-order valence-electron chi connectivity index (χ2n) is 2.49. The summed E-state index contributed by atoms with van der Waals surface area (Å²) in [4.78, 5) is 5.43. The highest BCUT2D eigenvalue weighted by Gasteiger charge is 2.05. The van der Waals surface area contributed by atoms with Crippen LogP contribution in [0.25, 0.3) is 0 Å². The van der Waals surface area contributed by atoms with Gasteiger partial charge in [-0.3, -0.25) is 4.99 Å². The lowest BCUT2D eigenvalue weighted by Crippen LogP contribution is -1.94. The average molecular weight is 179 g/mol. The van der Waals surface area contributed by atoms with Crippen molar-refractivity contribution in [3.05, 3.63) is 23.8 Å². The van der Waals surface area contributed by atoms with E-state index in [0.717, 1.165) is 11.6 Å². The van der Waals surface area contributed by atoms with E-state index in [-0.39, 0.29) is 0 Å². The first-order chi connectivity index (χ1) is 5.90. The molecule has 12 heavy (non-hydrogen) atoms. The zero-order chi connectivity index (χ0) is 8.39. The van der Waals surface area contributed by atoms with Gasteiger partial charge >= 0.3 is 0 Å². The molecule has 2 rings (SSSR count). The van der Waals surface area contributed by atoms with Gasteiger partial charge in [0.05, 0.1) is 13.0 Å². The van der Waals surface area contributed by atoms with Crippen LogP contribution in [0.5, 0.6) is 5.75 Å². The standard InChI is InChI=1S/C9H9NOS/c1-11-8-3-2-7-5-10-6-12-9(7)4-8/h2-5H,6H2,1H3. The number of ether oxygens (including phenoxy) is 1. The molecule has 3 heteroatoms. The van der Waals surface area contributed by atoms with Gasteiger partial charge in [0.2, 0.25) is 0 Å². The van der Waals surface area contributed by atoms with Crippen molar-refractivity contribution in [2.75, 3.05) is 13.0 Å². The Labute approximate surface area is 75.7 Å². The lowest BCUT2D eigenvalue weighted by molar-refractivity contribution is 0.413. The first kappa shape index (κ1) is 7.68. The zero-order valence-corrected chi connectivity index (χ0v) is 7.60. The Hall–Kier alpha value is -0.960. The highest BCUT2D eigenvalue weighted by atomic mass is 32.2. The number of aliphatic imine (C=N–C) groups is 1. The Balaban J connectivity index is 2.44. The van der Waals surface area contributed by atoms with Crippen LogP contribution in [0.15, 0.2) is 28.1 Å². The summed E-state index contributed by atoms with van der Waals surface area (Å²) in [7, 11) is 1.68. The van der Waals surface area contributed by atoms with Gasteiger partial charge in [0.25, 0.3) is 0 Å². The van der Waals surface area contributed by atoms with E-state index in [4.69, 9.17) is 4.74 Å². The van der Waals surface area contributed by atoms with Crippen LogP contribution in [0, 0.1) is 0 Å². The van der Waals surface area contributed by atoms with Crippen LogP contribution in [0.4, 0.5) is 0 Å². The second kappa shape index (κ2) is 3.19. The van der Waals surface area contributed by atoms with Crippen LogP contribution in [0.3, 0.4) is 0 Å². The number of methoxy groups -OCH3 is 1. The molecular weight excluding hydrogens is 170 g/mol. The van der Waals surface area contributed by atoms with Crippen LogP contribution in [-0.2, 0) is 0 Å². The van der Waals surface area contributed by atoms with Crippen molar-refractivity contribution in [1.82, 2.24) is 0 Å². The topological polar surface area (TPSA) is 21.6 Å². The quantitative estimate of drug-likeness (QED) is 0.659. The Morgan fingerprint density at radius 3 is 3.25 bits per heavy atom. The third-order valence-electron chi connectivity index (χ3n) is 1.75. The van der Waals surface area contributed by atoms with Gasteiger partial charge in [-0.25, -0.2) is 0 Å². The predicted molar refractivity (Wildman–Crippen MR) is 51.3 cm³/mol. The molecule has 62 valence electrons. The zero-order valence-electron chi connectivity index (χ0n) is 6.78. The molecule has 0 unspecified atom stereocenters. The number of hydrogen-bond donors (Lipinski definition) is 0. The summed E-state index contributed by atoms with van der Waals surface area (Å²) in [6, 6.07) is 6.03. The second-order valence-corrected chi connectivity index (χ2v) is 3.48. The molecule has 1 aliphatic rings. The van der Waals surface area contributed by atoms with Crippen LogP contribution >= 0.6 is 11.8 Å². The van der Waals surface area contributed by atoms with Gasteiger partial charge in [0.1, 0.15) is 5.75 Å². The highest BCUT2D eigenvalue weighted by Crippen LogP contribution is 2.28. The van der Waals surface area contributed by atoms with Crippen molar-refractivity contribution in [2.24, 2.45) is 4.99 Å². The summed E-state index contributed by atoms with van der Waals surface area (Å²) in [5.41, 5.74) is 1.19. The summed E-state index contributed by atoms with van der Waals surface area (Å²) in [5, 5.41) is 0. The minimum atomic E-state index is 0.820. The molecule has 0 spiro atoms. The summed E-state index contributed by atoms with van der Waals surface area (Å²) >= 11 is 1.74. The number of benzene rings is 1. The molecule has 1 aromatic rings. The summed E-state index contributed by atoms with van der Waals surface area (Å²) in [6.45, 7) is 0. The van der Waals surface area contributed by atoms with E-state index in [1.807, 2.05) is 24.4 Å². The van der Waals surface area contributed by atoms with E-state index in [1.54, 1.807) is 18.9 Å². The minimum Gasteiger partial charge on any atom is -0.497 e. The molecule has 0 bridgehead atoms. The normalized spacial score (nSPS) is 14.1. The van der Waals surface area contributed by atoms with Crippen molar-refractivity contribution in [3.8, 4) is 5.75 Å². The molecule has 0 atom stereocenters. The smallest absolute Gasteiger partial charge is 0.120 e. The van der Waals surface area contributed by atoms with E-state index in [9.17, 15) is 0 Å². The van der Waals surface area contributed by atoms with Crippen molar-refractivity contribution in [3.63, 3.8) is 0 Å². The molecule has 0 saturated heterocycles. The van der Waals surface area contributed by atoms with Crippen molar-refractivity contribution < 1.29 is 4.74 Å². The molecule has 0 fully saturated rings. The molecule has 0 amide bonds. The maximum Gasteiger partial charge on any atom is 0.120 e. The van der Waals surface area contributed by atoms with Gasteiger partial charge in [0, 0.05) is 16.7 Å². The Kier molecular flexibility index (Phi) is 2.04. The lowest BCUT2D eigenvalue weighted by atomic mass is 10.2. The number of thioether (sulfide) groups is 1. The largest absolute Gasteiger partial charge is 0.497 e. The summed E-state index contributed by atoms with van der Waals surface area (Å²) in [6.07, 6.45) is 1.91. The number of hydrogen-bond acceptors (Lipinski definition) is 3. The molecule has 0 radical (unpaired) electrons. The molecule has 1 aromatic carbocycles. The SMILES string of the molecule is COc1ccc2c(c1)SCN=C2. The third-order valence-corrected chi connectivity index (χ3v) is 2.69. The van der Waals surface area contributed by atoms with Gasteiger partial charge in [-0.1, -0.05) is 0 Å². The van der Waals surface area contributed by atoms with Crippen LogP contribution in [0.1, 0.15) is 5.56 Å². The molecule has 1 aliphatic heterocycles. The van der Waals surface area contributed by atoms with E-state index in [2.05, 4.69) is 4.99 Å². The van der Waals surface area contributed by atoms with Crippen LogP contribution in [0.2, 0.25) is 0 Å². The van der Waals surface area contributed by atoms with Gasteiger partial charge in [-0.05, 0) is 18.2 Å². The van der Waals surface area contributed by atoms with E-state index in [0.29, 0.717) is 0 Å². The fourth-order valence-corrected chi connectivity index (χ4v) is 1.89. The van der Waals surface area contributed by atoms with Crippen LogP contribution in [-0.4, -0.2) is 19.2 Å². The maximum absolute atomic E-state index is 5.12. The molecular formula is C9H9NOS. The fourth-order valence-electron chi connectivity index (χ4n) is 1.12. The van der Waals surface area contributed by atoms with Crippen molar-refractivity contribution >= 4 is 18.0 Å². The summed E-state index contributed by atoms with van der Waals surface area (Å²) in [5.74, 6) is 1.73. The molecule has 0 aliphatic carbocycles. The number of rotatable bonds is 1. The Morgan fingerprint density at radius 2 is 2.42 bits per heavy atom. The minimum absolute atomic E-state index is 0.820. The first-order valence-electron chi connectivity index (χ1n) is 3.71. The van der Waals surface area contributed by atoms with E-state index < -0.39 is 0 Å². The highest BCUT2D eigenvalue weighted by molar-refractivity contribution is 7.99. The third kappa shape index (κ3) is 1.32. The van der Waals surface area contributed by atoms with Crippen molar-refractivity contribution in [2.45, 2.75) is 4.90 Å². The van der Waals surface area contributed by atoms with Gasteiger partial charge in [0.15, 0.2) is 0 Å². The predicted octanol–water partition coefficient (Wildman–Crippen LogP) is 2.18. The molecule has 0 N–H and O–H groups in total. The molecule has 0 saturated carbocycles. The fraction of sp³-hybridized carbons (Fsp3) is 0.222. The number of fused-ring (bicyclic) bond motifs is 1. The first-order valence-corrected chi connectivity index (χ1v) is 4.69. The van der Waals surface area contributed by atoms with Gasteiger partial charge in [-0.15, -0.1) is 11.8 Å². The van der Waals surface area contributed by atoms with Crippen molar-refractivity contribution in [1.29, 1.82) is 0 Å². The lowest BCUT2D eigenvalue weighted by Gasteiger charge is -2.09. The molecule has 0 aromatic heterocycles. The van der Waals surface area contributed by atoms with Gasteiger partial charge < -0.3 is 4.74 Å². The Morgan fingerprint density at radius 1 is 1.50 bits per heavy atom. The summed E-state index contributed by atoms with van der Waals surface area (Å²) < 4.78 is 5.12. The van der Waals surface area contributed by atoms with Gasteiger partial charge in [-0.2, -0.15) is 0 Å². The average Bonchev–Trinajstić information content (AvgIpc) is 2.17. The number of nitrogens with zero attached hydrogens (tertiary/aromatic N) is 1. The monoisotopic (exact) mass is 179 g/mol. The molecule has 1 heterocycles.